The number of nitrogens with one attached hydrogen (secondary N) is 2. The average molecular weight is 411 g/mol. The van der Waals surface area contributed by atoms with Gasteiger partial charge in [0.2, 0.25) is 0 Å². The quantitative estimate of drug-likeness (QED) is 0.508. The normalized spacial score (nSPS) is 21.0. The SMILES string of the molecule is CCOc1cc(CNC(=NC)NC2CCN(C3CCCC3)C2)ccc1OC(F)F. The molecule has 29 heavy (non-hydrogen) atoms. The lowest BCUT2D eigenvalue weighted by atomic mass is 10.2. The van der Waals surface area contributed by atoms with Crippen molar-refractivity contribution in [2.75, 3.05) is 26.7 Å². The van der Waals surface area contributed by atoms with Gasteiger partial charge in [0.1, 0.15) is 0 Å². The summed E-state index contributed by atoms with van der Waals surface area (Å²) in [6.45, 7) is 2.00. The number of alkyl halides is 2. The highest BCUT2D eigenvalue weighted by molar-refractivity contribution is 5.80. The zero-order valence-electron chi connectivity index (χ0n) is 17.3. The third-order valence-corrected chi connectivity index (χ3v) is 5.61. The molecule has 1 atom stereocenters. The molecule has 0 aromatic heterocycles. The van der Waals surface area contributed by atoms with Crippen LogP contribution < -0.4 is 20.1 Å². The number of halogens is 2. The fourth-order valence-corrected chi connectivity index (χ4v) is 4.20. The molecule has 162 valence electrons. The summed E-state index contributed by atoms with van der Waals surface area (Å²) in [5.74, 6) is 1.11. The minimum atomic E-state index is -2.88. The van der Waals surface area contributed by atoms with Gasteiger partial charge in [-0.05, 0) is 43.9 Å². The summed E-state index contributed by atoms with van der Waals surface area (Å²) in [4.78, 5) is 6.93. The van der Waals surface area contributed by atoms with Gasteiger partial charge in [-0.25, -0.2) is 0 Å². The van der Waals surface area contributed by atoms with Crippen molar-refractivity contribution in [3.8, 4) is 11.5 Å². The number of hydrogen-bond donors (Lipinski definition) is 2. The molecule has 2 N–H and O–H groups in total. The van der Waals surface area contributed by atoms with Crippen molar-refractivity contribution in [3.63, 3.8) is 0 Å². The number of nitrogens with zero attached hydrogens (tertiary/aromatic N) is 2. The number of ether oxygens (including phenoxy) is 2. The first kappa shape index (κ1) is 21.6. The maximum Gasteiger partial charge on any atom is 0.387 e. The van der Waals surface area contributed by atoms with Gasteiger partial charge in [0.05, 0.1) is 6.61 Å². The lowest BCUT2D eigenvalue weighted by Crippen LogP contribution is -2.45. The van der Waals surface area contributed by atoms with Crippen LogP contribution >= 0.6 is 0 Å². The summed E-state index contributed by atoms with van der Waals surface area (Å²) in [5.41, 5.74) is 0.900. The Morgan fingerprint density at radius 3 is 2.72 bits per heavy atom. The third kappa shape index (κ3) is 6.19. The van der Waals surface area contributed by atoms with E-state index in [2.05, 4.69) is 25.3 Å². The lowest BCUT2D eigenvalue weighted by molar-refractivity contribution is -0.0514. The van der Waals surface area contributed by atoms with Crippen molar-refractivity contribution >= 4 is 5.96 Å². The zero-order valence-corrected chi connectivity index (χ0v) is 17.3. The van der Waals surface area contributed by atoms with Gasteiger partial charge >= 0.3 is 6.61 Å². The Morgan fingerprint density at radius 2 is 2.03 bits per heavy atom. The van der Waals surface area contributed by atoms with Gasteiger partial charge < -0.3 is 20.1 Å². The van der Waals surface area contributed by atoms with E-state index >= 15 is 0 Å². The van der Waals surface area contributed by atoms with Crippen molar-refractivity contribution < 1.29 is 18.3 Å². The van der Waals surface area contributed by atoms with E-state index in [4.69, 9.17) is 4.74 Å². The molecule has 1 aromatic rings. The largest absolute Gasteiger partial charge is 0.490 e. The van der Waals surface area contributed by atoms with Crippen LogP contribution in [0.3, 0.4) is 0 Å². The molecule has 1 unspecified atom stereocenters. The van der Waals surface area contributed by atoms with E-state index in [-0.39, 0.29) is 5.75 Å². The first-order chi connectivity index (χ1) is 14.1. The Labute approximate surface area is 171 Å². The second-order valence-electron chi connectivity index (χ2n) is 7.58. The number of benzene rings is 1. The van der Waals surface area contributed by atoms with Crippen LogP contribution in [0.1, 0.15) is 44.6 Å². The van der Waals surface area contributed by atoms with Crippen molar-refractivity contribution in [3.05, 3.63) is 23.8 Å². The molecule has 8 heteroatoms. The molecular weight excluding hydrogens is 378 g/mol. The van der Waals surface area contributed by atoms with Crippen LogP contribution in [0.15, 0.2) is 23.2 Å². The van der Waals surface area contributed by atoms with E-state index in [1.807, 2.05) is 0 Å². The van der Waals surface area contributed by atoms with E-state index in [9.17, 15) is 8.78 Å². The molecule has 1 aliphatic heterocycles. The predicted molar refractivity (Wildman–Crippen MR) is 110 cm³/mol. The molecule has 0 amide bonds. The first-order valence-electron chi connectivity index (χ1n) is 10.5. The number of guanidine groups is 1. The molecule has 0 spiro atoms. The Morgan fingerprint density at radius 1 is 1.24 bits per heavy atom. The van der Waals surface area contributed by atoms with E-state index in [1.54, 1.807) is 26.1 Å². The molecule has 6 nitrogen and oxygen atoms in total. The van der Waals surface area contributed by atoms with Crippen LogP contribution in [0.4, 0.5) is 8.78 Å². The van der Waals surface area contributed by atoms with E-state index < -0.39 is 6.61 Å². The fraction of sp³-hybridized carbons (Fsp3) is 0.667. The third-order valence-electron chi connectivity index (χ3n) is 5.61. The second kappa shape index (κ2) is 10.6. The molecule has 1 aliphatic carbocycles. The first-order valence-corrected chi connectivity index (χ1v) is 10.5. The highest BCUT2D eigenvalue weighted by Gasteiger charge is 2.30. The van der Waals surface area contributed by atoms with E-state index in [1.165, 1.54) is 31.7 Å². The van der Waals surface area contributed by atoms with Crippen molar-refractivity contribution in [2.24, 2.45) is 4.99 Å². The smallest absolute Gasteiger partial charge is 0.387 e. The van der Waals surface area contributed by atoms with Crippen LogP contribution in [-0.2, 0) is 6.54 Å². The molecule has 0 radical (unpaired) electrons. The number of hydrogen-bond acceptors (Lipinski definition) is 4. The summed E-state index contributed by atoms with van der Waals surface area (Å²) in [6, 6.07) is 6.13. The van der Waals surface area contributed by atoms with Crippen molar-refractivity contribution in [2.45, 2.75) is 64.3 Å². The van der Waals surface area contributed by atoms with Gasteiger partial charge in [0.15, 0.2) is 17.5 Å². The van der Waals surface area contributed by atoms with Crippen LogP contribution in [0, 0.1) is 0 Å². The molecule has 2 fully saturated rings. The Bertz CT molecular complexity index is 681. The highest BCUT2D eigenvalue weighted by atomic mass is 19.3. The summed E-state index contributed by atoms with van der Waals surface area (Å²) in [5, 5.41) is 6.81. The highest BCUT2D eigenvalue weighted by Crippen LogP contribution is 2.30. The Balaban J connectivity index is 1.52. The Kier molecular flexibility index (Phi) is 7.91. The fourth-order valence-electron chi connectivity index (χ4n) is 4.20. The predicted octanol–water partition coefficient (Wildman–Crippen LogP) is 3.37. The van der Waals surface area contributed by atoms with Crippen molar-refractivity contribution in [1.29, 1.82) is 0 Å². The summed E-state index contributed by atoms with van der Waals surface area (Å²) in [6.07, 6.45) is 6.48. The number of likely N-dealkylation sites (tertiary alicyclic amines) is 1. The molecule has 1 saturated heterocycles. The summed E-state index contributed by atoms with van der Waals surface area (Å²) < 4.78 is 35.1. The standard InChI is InChI=1S/C21H32F2N4O2/c1-3-28-19-12-15(8-9-18(19)29-20(22)23)13-25-21(24-2)26-16-10-11-27(14-16)17-6-4-5-7-17/h8-9,12,16-17,20H,3-7,10-11,13-14H2,1-2H3,(H2,24,25,26). The maximum absolute atomic E-state index is 12.5. The second-order valence-corrected chi connectivity index (χ2v) is 7.58. The van der Waals surface area contributed by atoms with Crippen LogP contribution in [0.5, 0.6) is 11.5 Å². The summed E-state index contributed by atoms with van der Waals surface area (Å²) in [7, 11) is 1.75. The van der Waals surface area contributed by atoms with Gasteiger partial charge in [0, 0.05) is 38.8 Å². The van der Waals surface area contributed by atoms with Gasteiger partial charge in [-0.15, -0.1) is 0 Å². The number of rotatable bonds is 8. The molecule has 3 rings (SSSR count). The topological polar surface area (TPSA) is 58.1 Å². The van der Waals surface area contributed by atoms with Crippen LogP contribution in [0.2, 0.25) is 0 Å². The maximum atomic E-state index is 12.5. The molecule has 0 bridgehead atoms. The van der Waals surface area contributed by atoms with Gasteiger partial charge in [-0.1, -0.05) is 18.9 Å². The molecular formula is C21H32F2N4O2. The molecule has 1 heterocycles. The monoisotopic (exact) mass is 410 g/mol. The lowest BCUT2D eigenvalue weighted by Gasteiger charge is -2.24. The van der Waals surface area contributed by atoms with Crippen LogP contribution in [0.25, 0.3) is 0 Å². The zero-order chi connectivity index (χ0) is 20.6. The average Bonchev–Trinajstić information content (AvgIpc) is 3.38. The Hall–Kier alpha value is -2.09. The summed E-state index contributed by atoms with van der Waals surface area (Å²) >= 11 is 0. The molecule has 2 aliphatic rings. The minimum absolute atomic E-state index is 0.0473. The molecule has 1 saturated carbocycles. The molecule has 1 aromatic carbocycles. The van der Waals surface area contributed by atoms with Crippen LogP contribution in [-0.4, -0.2) is 56.3 Å². The van der Waals surface area contributed by atoms with Crippen molar-refractivity contribution in [1.82, 2.24) is 15.5 Å². The van der Waals surface area contributed by atoms with E-state index in [0.29, 0.717) is 24.9 Å². The van der Waals surface area contributed by atoms with Gasteiger partial charge in [-0.2, -0.15) is 8.78 Å². The van der Waals surface area contributed by atoms with Gasteiger partial charge in [-0.3, -0.25) is 9.89 Å². The number of aliphatic imine (C=N–C) groups is 1. The van der Waals surface area contributed by atoms with Gasteiger partial charge in [0.25, 0.3) is 0 Å². The van der Waals surface area contributed by atoms with E-state index in [0.717, 1.165) is 37.1 Å². The minimum Gasteiger partial charge on any atom is -0.490 e.